The Morgan fingerprint density at radius 3 is 1.19 bits per heavy atom. The molecule has 2 heteroatoms. The maximum atomic E-state index is 2.39. The van der Waals surface area contributed by atoms with Crippen molar-refractivity contribution in [2.75, 3.05) is 0 Å². The summed E-state index contributed by atoms with van der Waals surface area (Å²) in [6.45, 7) is 4.78. The number of hydrogen-bond donors (Lipinski definition) is 2. The fourth-order valence-corrected chi connectivity index (χ4v) is 10.5. The van der Waals surface area contributed by atoms with E-state index >= 15 is 0 Å². The first-order chi connectivity index (χ1) is 20.6. The molecule has 0 aliphatic heterocycles. The van der Waals surface area contributed by atoms with Crippen molar-refractivity contribution in [3.63, 3.8) is 0 Å². The van der Waals surface area contributed by atoms with Gasteiger partial charge in [0.2, 0.25) is 0 Å². The molecule has 0 nitrogen and oxygen atoms in total. The Labute approximate surface area is 256 Å². The van der Waals surface area contributed by atoms with Gasteiger partial charge in [0.05, 0.1) is 0 Å². The molecule has 0 heterocycles. The van der Waals surface area contributed by atoms with Crippen molar-refractivity contribution < 1.29 is 0 Å². The summed E-state index contributed by atoms with van der Waals surface area (Å²) in [7, 11) is -1.26. The second-order valence-electron chi connectivity index (χ2n) is 11.2. The third-order valence-electron chi connectivity index (χ3n) is 7.83. The van der Waals surface area contributed by atoms with Gasteiger partial charge in [-0.3, -0.25) is 0 Å². The van der Waals surface area contributed by atoms with E-state index in [1.807, 2.05) is 0 Å². The lowest BCUT2D eigenvalue weighted by atomic mass is 9.79. The minimum atomic E-state index is -0.651. The van der Waals surface area contributed by atoms with Crippen LogP contribution in [-0.4, -0.2) is 0 Å². The zero-order chi connectivity index (χ0) is 28.8. The van der Waals surface area contributed by atoms with Crippen LogP contribution in [-0.2, 0) is 11.8 Å². The Bertz CT molecular complexity index is 1620. The number of thiol groups is 2. The normalized spacial score (nSPS) is 12.0. The molecule has 0 saturated carbocycles. The molecule has 6 aromatic carbocycles. The number of benzene rings is 6. The average molecular weight is 583 g/mol. The summed E-state index contributed by atoms with van der Waals surface area (Å²) in [5.74, 6) is 0. The van der Waals surface area contributed by atoms with Crippen LogP contribution in [0.4, 0.5) is 0 Å². The lowest BCUT2D eigenvalue weighted by molar-refractivity contribution is 0.518. The van der Waals surface area contributed by atoms with Gasteiger partial charge in [-0.25, -0.2) is 0 Å². The first-order valence-electron chi connectivity index (χ1n) is 14.6. The lowest BCUT2D eigenvalue weighted by Gasteiger charge is -2.31. The van der Waals surface area contributed by atoms with Gasteiger partial charge in [-0.05, 0) is 119 Å². The summed E-state index contributed by atoms with van der Waals surface area (Å²) in [5, 5.41) is 0. The van der Waals surface area contributed by atoms with Crippen molar-refractivity contribution in [2.45, 2.75) is 55.1 Å². The van der Waals surface area contributed by atoms with E-state index in [0.29, 0.717) is 0 Å². The Balaban J connectivity index is 1.33. The number of hydrogen-bond acceptors (Lipinski definition) is 0. The van der Waals surface area contributed by atoms with Crippen LogP contribution in [0, 0.1) is 0 Å². The third kappa shape index (κ3) is 6.26. The van der Waals surface area contributed by atoms with Crippen molar-refractivity contribution in [1.29, 1.82) is 0 Å². The fraction of sp³-hybridized carbons (Fsp3) is 0.100. The molecule has 0 bridgehead atoms. The molecule has 0 N–H and O–H groups in total. The molecule has 0 amide bonds. The van der Waals surface area contributed by atoms with Gasteiger partial charge < -0.3 is 0 Å². The molecule has 6 rings (SSSR count). The highest BCUT2D eigenvalue weighted by Gasteiger charge is 2.25. The minimum absolute atomic E-state index is 0.0226. The van der Waals surface area contributed by atoms with E-state index in [9.17, 15) is 0 Å². The third-order valence-corrected chi connectivity index (χ3v) is 12.8. The van der Waals surface area contributed by atoms with Gasteiger partial charge in [-0.1, -0.05) is 117 Å². The second-order valence-corrected chi connectivity index (χ2v) is 15.7. The summed E-state index contributed by atoms with van der Waals surface area (Å²) in [5.41, 5.74) is 2.78. The Hall–Kier alpha value is -3.98. The molecule has 0 atom stereocenters. The molecule has 0 unspecified atom stereocenters. The number of rotatable bonds is 9. The van der Waals surface area contributed by atoms with Crippen LogP contribution < -0.4 is 0 Å². The molecule has 0 aliphatic carbocycles. The monoisotopic (exact) mass is 582 g/mol. The molecule has 210 valence electrons. The van der Waals surface area contributed by atoms with Gasteiger partial charge in [0.25, 0.3) is 0 Å². The van der Waals surface area contributed by atoms with E-state index in [1.54, 1.807) is 0 Å². The topological polar surface area (TPSA) is 0 Å². The van der Waals surface area contributed by atoms with Crippen LogP contribution in [0.25, 0.3) is 0 Å². The molecule has 0 fully saturated rings. The molecule has 0 aromatic heterocycles. The predicted octanol–water partition coefficient (Wildman–Crippen LogP) is 11.2. The van der Waals surface area contributed by atoms with Crippen LogP contribution in [0.15, 0.2) is 199 Å². The Morgan fingerprint density at radius 2 is 0.738 bits per heavy atom. The Kier molecular flexibility index (Phi) is 8.65. The summed E-state index contributed by atoms with van der Waals surface area (Å²) < 4.78 is 0. The van der Waals surface area contributed by atoms with Crippen LogP contribution >= 0.6 is 21.8 Å². The van der Waals surface area contributed by atoms with Crippen molar-refractivity contribution in [1.82, 2.24) is 0 Å². The van der Waals surface area contributed by atoms with Crippen molar-refractivity contribution >= 4 is 21.8 Å². The van der Waals surface area contributed by atoms with E-state index in [2.05, 4.69) is 184 Å². The average Bonchev–Trinajstić information content (AvgIpc) is 3.04. The molecule has 0 radical (unpaired) electrons. The van der Waals surface area contributed by atoms with Gasteiger partial charge in [-0.15, -0.1) is 0 Å². The predicted molar refractivity (Wildman–Crippen MR) is 183 cm³/mol. The summed E-state index contributed by atoms with van der Waals surface area (Å²) in [4.78, 5) is 8.39. The molecule has 0 saturated heterocycles. The molecule has 0 aliphatic rings. The molecule has 42 heavy (non-hydrogen) atoms. The van der Waals surface area contributed by atoms with Crippen LogP contribution in [0.2, 0.25) is 0 Å². The van der Waals surface area contributed by atoms with Crippen LogP contribution in [0.3, 0.4) is 0 Å². The van der Waals surface area contributed by atoms with Crippen LogP contribution in [0.5, 0.6) is 0 Å². The van der Waals surface area contributed by atoms with Crippen LogP contribution in [0.1, 0.15) is 25.0 Å². The first kappa shape index (κ1) is 28.2. The zero-order valence-electron chi connectivity index (χ0n) is 24.3. The fourth-order valence-electron chi connectivity index (χ4n) is 5.70. The van der Waals surface area contributed by atoms with Gasteiger partial charge >= 0.3 is 0 Å². The van der Waals surface area contributed by atoms with Crippen molar-refractivity contribution in [3.05, 3.63) is 181 Å². The standard InChI is InChI=1S/C40H38S2/c1-40(2,33-27-29-38(30-28-33)41(34-18-7-3-8-19-34)35-20-9-4-10-21-35)31-32-17-15-16-26-39(32)42(36-22-11-5-12-23-36)37-24-13-6-14-25-37/h3-30,41-42H,31H2,1-2H3. The van der Waals surface area contributed by atoms with Gasteiger partial charge in [0, 0.05) is 0 Å². The van der Waals surface area contributed by atoms with Crippen molar-refractivity contribution in [3.8, 4) is 0 Å². The summed E-state index contributed by atoms with van der Waals surface area (Å²) in [6, 6.07) is 62.5. The van der Waals surface area contributed by atoms with E-state index in [0.717, 1.165) is 6.42 Å². The molecular weight excluding hydrogens is 545 g/mol. The van der Waals surface area contributed by atoms with Crippen molar-refractivity contribution in [2.24, 2.45) is 0 Å². The summed E-state index contributed by atoms with van der Waals surface area (Å²) >= 11 is 0. The smallest absolute Gasteiger partial charge is 0.00126 e. The summed E-state index contributed by atoms with van der Waals surface area (Å²) in [6.07, 6.45) is 0.979. The quantitative estimate of drug-likeness (QED) is 0.156. The Morgan fingerprint density at radius 1 is 0.381 bits per heavy atom. The highest BCUT2D eigenvalue weighted by Crippen LogP contribution is 2.54. The SMILES string of the molecule is CC(C)(Cc1ccccc1[SH](c1ccccc1)c1ccccc1)c1ccc([SH](c2ccccc2)c2ccccc2)cc1. The van der Waals surface area contributed by atoms with E-state index in [1.165, 1.54) is 40.5 Å². The van der Waals surface area contributed by atoms with E-state index in [4.69, 9.17) is 0 Å². The minimum Gasteiger partial charge on any atom is -0.173 e. The zero-order valence-corrected chi connectivity index (χ0v) is 26.1. The highest BCUT2D eigenvalue weighted by atomic mass is 32.2. The van der Waals surface area contributed by atoms with E-state index < -0.39 is 21.8 Å². The molecule has 0 spiro atoms. The van der Waals surface area contributed by atoms with Gasteiger partial charge in [0.15, 0.2) is 0 Å². The van der Waals surface area contributed by atoms with Gasteiger partial charge in [-0.2, -0.15) is 21.8 Å². The lowest BCUT2D eigenvalue weighted by Crippen LogP contribution is -2.21. The second kappa shape index (κ2) is 12.9. The van der Waals surface area contributed by atoms with Gasteiger partial charge in [0.1, 0.15) is 0 Å². The largest absolute Gasteiger partial charge is 0.173 e. The molecular formula is C40H38S2. The molecule has 6 aromatic rings. The maximum Gasteiger partial charge on any atom is -0.00126 e. The highest BCUT2D eigenvalue weighted by molar-refractivity contribution is 8.17. The maximum absolute atomic E-state index is 2.39. The van der Waals surface area contributed by atoms with E-state index in [-0.39, 0.29) is 5.41 Å². The first-order valence-corrected chi connectivity index (χ1v) is 17.3.